The molecule has 0 saturated carbocycles. The van der Waals surface area contributed by atoms with E-state index in [0.717, 1.165) is 48.1 Å². The van der Waals surface area contributed by atoms with Crippen LogP contribution in [0.3, 0.4) is 0 Å². The number of hydrogen-bond donors (Lipinski definition) is 0. The normalized spacial score (nSPS) is 13.7. The molecule has 0 N–H and O–H groups in total. The van der Waals surface area contributed by atoms with E-state index in [2.05, 4.69) is 124 Å². The highest BCUT2D eigenvalue weighted by Crippen LogP contribution is 2.40. The Bertz CT molecular complexity index is 1660. The first-order valence-electron chi connectivity index (χ1n) is 17.6. The first kappa shape index (κ1) is 34.7. The molecular weight excluding hydrogens is 588 g/mol. The van der Waals surface area contributed by atoms with Gasteiger partial charge in [0.1, 0.15) is 18.1 Å². The fourth-order valence-corrected chi connectivity index (χ4v) is 6.80. The van der Waals surface area contributed by atoms with Crippen LogP contribution >= 0.6 is 0 Å². The molecule has 0 heterocycles. The summed E-state index contributed by atoms with van der Waals surface area (Å²) < 4.78 is 12.5. The van der Waals surface area contributed by atoms with Crippen LogP contribution in [0.2, 0.25) is 0 Å². The van der Waals surface area contributed by atoms with Gasteiger partial charge in [0.25, 0.3) is 0 Å². The highest BCUT2D eigenvalue weighted by Gasteiger charge is 2.27. The van der Waals surface area contributed by atoms with Gasteiger partial charge in [-0.1, -0.05) is 149 Å². The Labute approximate surface area is 288 Å². The van der Waals surface area contributed by atoms with Gasteiger partial charge in [-0.25, -0.2) is 0 Å². The summed E-state index contributed by atoms with van der Waals surface area (Å²) in [7, 11) is 0. The van der Waals surface area contributed by atoms with Crippen molar-refractivity contribution >= 4 is 5.97 Å². The summed E-state index contributed by atoms with van der Waals surface area (Å²) in [4.78, 5) is 13.9. The van der Waals surface area contributed by atoms with Crippen LogP contribution in [0.5, 0.6) is 11.5 Å². The molecular formula is C45H50O3. The molecule has 4 unspecified atom stereocenters. The Kier molecular flexibility index (Phi) is 12.7. The van der Waals surface area contributed by atoms with Crippen LogP contribution in [0.15, 0.2) is 133 Å². The molecule has 0 radical (unpaired) electrons. The van der Waals surface area contributed by atoms with E-state index >= 15 is 0 Å². The van der Waals surface area contributed by atoms with E-state index in [4.69, 9.17) is 9.47 Å². The van der Waals surface area contributed by atoms with Gasteiger partial charge in [-0.05, 0) is 95.4 Å². The predicted molar refractivity (Wildman–Crippen MR) is 198 cm³/mol. The molecule has 248 valence electrons. The van der Waals surface area contributed by atoms with Crippen molar-refractivity contribution in [1.82, 2.24) is 0 Å². The van der Waals surface area contributed by atoms with Crippen LogP contribution in [0, 0.1) is 5.92 Å². The van der Waals surface area contributed by atoms with Crippen LogP contribution in [-0.2, 0) is 24.2 Å². The highest BCUT2D eigenvalue weighted by molar-refractivity contribution is 5.76. The lowest BCUT2D eigenvalue weighted by Crippen LogP contribution is -2.22. The molecule has 0 bridgehead atoms. The molecule has 0 aliphatic heterocycles. The standard InChI is InChI=1S/C45H50O3/c1-5-36-30-43(47-32-35-19-11-7-12-20-35)31-37(6-2)44(36)48-45(46)34(4)28-42(40-25-17-10-18-26-40)29-41(39-23-15-9-16-24-39)27-33(3)38-21-13-8-14-22-38/h7-26,30-31,33-34,41-42H,5-6,27-29,32H2,1-4H3. The Morgan fingerprint density at radius 2 is 1.04 bits per heavy atom. The van der Waals surface area contributed by atoms with Crippen molar-refractivity contribution in [1.29, 1.82) is 0 Å². The molecule has 0 aliphatic carbocycles. The summed E-state index contributed by atoms with van der Waals surface area (Å²) >= 11 is 0. The fourth-order valence-electron chi connectivity index (χ4n) is 6.80. The topological polar surface area (TPSA) is 35.5 Å². The molecule has 0 spiro atoms. The number of esters is 1. The Morgan fingerprint density at radius 1 is 0.583 bits per heavy atom. The third-order valence-corrected chi connectivity index (χ3v) is 9.59. The van der Waals surface area contributed by atoms with Gasteiger partial charge in [-0.3, -0.25) is 4.79 Å². The van der Waals surface area contributed by atoms with Crippen molar-refractivity contribution in [3.05, 3.63) is 167 Å². The average Bonchev–Trinajstić information content (AvgIpc) is 3.14. The fraction of sp³-hybridized carbons (Fsp3) is 0.311. The van der Waals surface area contributed by atoms with Crippen molar-refractivity contribution in [3.63, 3.8) is 0 Å². The van der Waals surface area contributed by atoms with E-state index in [-0.39, 0.29) is 17.8 Å². The van der Waals surface area contributed by atoms with Gasteiger partial charge in [-0.2, -0.15) is 0 Å². The SMILES string of the molecule is CCc1cc(OCc2ccccc2)cc(CC)c1OC(=O)C(C)CC(CC(CC(C)c1ccccc1)c1ccccc1)c1ccccc1. The Hall–Kier alpha value is -4.63. The van der Waals surface area contributed by atoms with Gasteiger partial charge in [0, 0.05) is 0 Å². The van der Waals surface area contributed by atoms with Gasteiger partial charge < -0.3 is 9.47 Å². The predicted octanol–water partition coefficient (Wildman–Crippen LogP) is 11.5. The molecule has 5 aromatic rings. The van der Waals surface area contributed by atoms with Gasteiger partial charge in [0.05, 0.1) is 5.92 Å². The molecule has 4 atom stereocenters. The summed E-state index contributed by atoms with van der Waals surface area (Å²) in [5.41, 5.74) is 7.10. The van der Waals surface area contributed by atoms with Crippen LogP contribution < -0.4 is 9.47 Å². The van der Waals surface area contributed by atoms with E-state index in [1.165, 1.54) is 16.7 Å². The summed E-state index contributed by atoms with van der Waals surface area (Å²) in [6.07, 6.45) is 4.20. The second-order valence-corrected chi connectivity index (χ2v) is 13.1. The second-order valence-electron chi connectivity index (χ2n) is 13.1. The maximum Gasteiger partial charge on any atom is 0.314 e. The molecule has 3 heteroatoms. The average molecular weight is 639 g/mol. The van der Waals surface area contributed by atoms with Crippen LogP contribution in [-0.4, -0.2) is 5.97 Å². The van der Waals surface area contributed by atoms with E-state index in [1.807, 2.05) is 37.3 Å². The highest BCUT2D eigenvalue weighted by atomic mass is 16.5. The first-order chi connectivity index (χ1) is 23.4. The van der Waals surface area contributed by atoms with Crippen LogP contribution in [0.4, 0.5) is 0 Å². The molecule has 0 aromatic heterocycles. The van der Waals surface area contributed by atoms with Crippen LogP contribution in [0.1, 0.15) is 98.1 Å². The lowest BCUT2D eigenvalue weighted by Gasteiger charge is -2.28. The van der Waals surface area contributed by atoms with Gasteiger partial charge in [-0.15, -0.1) is 0 Å². The molecule has 3 nitrogen and oxygen atoms in total. The minimum atomic E-state index is -0.276. The first-order valence-corrected chi connectivity index (χ1v) is 17.6. The third kappa shape index (κ3) is 9.47. The van der Waals surface area contributed by atoms with Crippen molar-refractivity contribution in [3.8, 4) is 11.5 Å². The number of rotatable bonds is 16. The quantitative estimate of drug-likeness (QED) is 0.0797. The molecule has 5 rings (SSSR count). The van der Waals surface area contributed by atoms with Gasteiger partial charge in [0.15, 0.2) is 0 Å². The van der Waals surface area contributed by atoms with Crippen molar-refractivity contribution in [2.75, 3.05) is 0 Å². The lowest BCUT2D eigenvalue weighted by atomic mass is 9.76. The minimum absolute atomic E-state index is 0.174. The molecule has 0 aliphatic rings. The van der Waals surface area contributed by atoms with E-state index in [1.54, 1.807) is 0 Å². The summed E-state index contributed by atoms with van der Waals surface area (Å²) in [5.74, 6) is 2.01. The Balaban J connectivity index is 1.34. The third-order valence-electron chi connectivity index (χ3n) is 9.59. The summed E-state index contributed by atoms with van der Waals surface area (Å²) in [6, 6.07) is 46.6. The van der Waals surface area contributed by atoms with Gasteiger partial charge >= 0.3 is 5.97 Å². The molecule has 0 saturated heterocycles. The van der Waals surface area contributed by atoms with Crippen LogP contribution in [0.25, 0.3) is 0 Å². The van der Waals surface area contributed by atoms with Crippen molar-refractivity contribution in [2.45, 2.75) is 84.2 Å². The number of aryl methyl sites for hydroxylation is 2. The number of hydrogen-bond acceptors (Lipinski definition) is 3. The molecule has 0 amide bonds. The largest absolute Gasteiger partial charge is 0.489 e. The molecule has 0 fully saturated rings. The zero-order valence-electron chi connectivity index (χ0n) is 29.0. The summed E-state index contributed by atoms with van der Waals surface area (Å²) in [5, 5.41) is 0. The minimum Gasteiger partial charge on any atom is -0.489 e. The summed E-state index contributed by atoms with van der Waals surface area (Å²) in [6.45, 7) is 9.05. The zero-order valence-corrected chi connectivity index (χ0v) is 29.0. The van der Waals surface area contributed by atoms with Crippen molar-refractivity contribution in [2.24, 2.45) is 5.92 Å². The van der Waals surface area contributed by atoms with Crippen molar-refractivity contribution < 1.29 is 14.3 Å². The zero-order chi connectivity index (χ0) is 33.7. The monoisotopic (exact) mass is 638 g/mol. The lowest BCUT2D eigenvalue weighted by molar-refractivity contribution is -0.138. The number of benzene rings is 5. The van der Waals surface area contributed by atoms with E-state index in [9.17, 15) is 4.79 Å². The second kappa shape index (κ2) is 17.5. The number of ether oxygens (including phenoxy) is 2. The Morgan fingerprint density at radius 3 is 1.54 bits per heavy atom. The molecule has 48 heavy (non-hydrogen) atoms. The van der Waals surface area contributed by atoms with Gasteiger partial charge in [0.2, 0.25) is 0 Å². The maximum absolute atomic E-state index is 13.9. The number of carbonyl (C=O) groups excluding carboxylic acids is 1. The van der Waals surface area contributed by atoms with E-state index in [0.29, 0.717) is 30.6 Å². The maximum atomic E-state index is 13.9. The van der Waals surface area contributed by atoms with E-state index < -0.39 is 0 Å². The number of carbonyl (C=O) groups is 1. The smallest absolute Gasteiger partial charge is 0.314 e. The molecule has 5 aromatic carbocycles.